The van der Waals surface area contributed by atoms with E-state index in [1.165, 1.54) is 5.56 Å². The van der Waals surface area contributed by atoms with Crippen LogP contribution in [0.1, 0.15) is 39.0 Å². The molecule has 2 heterocycles. The molecule has 4 nitrogen and oxygen atoms in total. The van der Waals surface area contributed by atoms with Crippen LogP contribution in [0.5, 0.6) is 0 Å². The molecule has 1 atom stereocenters. The Morgan fingerprint density at radius 2 is 2.08 bits per heavy atom. The Morgan fingerprint density at radius 1 is 1.24 bits per heavy atom. The van der Waals surface area contributed by atoms with Gasteiger partial charge in [0.05, 0.1) is 23.2 Å². The monoisotopic (exact) mass is 351 g/mol. The number of amides is 1. The van der Waals surface area contributed by atoms with Crippen LogP contribution in [0.25, 0.3) is 0 Å². The first-order valence-corrected chi connectivity index (χ1v) is 9.08. The Morgan fingerprint density at radius 3 is 2.72 bits per heavy atom. The number of aryl methyl sites for hydroxylation is 3. The highest BCUT2D eigenvalue weighted by Gasteiger charge is 2.19. The van der Waals surface area contributed by atoms with E-state index in [1.807, 2.05) is 24.4 Å². The zero-order valence-corrected chi connectivity index (χ0v) is 15.4. The van der Waals surface area contributed by atoms with Crippen LogP contribution in [-0.2, 0) is 11.2 Å². The third-order valence-corrected chi connectivity index (χ3v) is 4.89. The van der Waals surface area contributed by atoms with Crippen LogP contribution in [0, 0.1) is 20.8 Å². The topological polar surface area (TPSA) is 54.9 Å². The van der Waals surface area contributed by atoms with Gasteiger partial charge in [-0.3, -0.25) is 9.78 Å². The van der Waals surface area contributed by atoms with Gasteiger partial charge in [0.25, 0.3) is 0 Å². The number of hydrogen-bond acceptors (Lipinski definition) is 4. The lowest BCUT2D eigenvalue weighted by Crippen LogP contribution is -2.31. The molecule has 2 aromatic heterocycles. The summed E-state index contributed by atoms with van der Waals surface area (Å²) >= 11 is 1.56. The van der Waals surface area contributed by atoms with Gasteiger partial charge in [0.2, 0.25) is 5.91 Å². The molecule has 1 amide bonds. The summed E-state index contributed by atoms with van der Waals surface area (Å²) in [6.07, 6.45) is 3.83. The normalized spacial score (nSPS) is 12.0. The van der Waals surface area contributed by atoms with Crippen molar-refractivity contribution >= 4 is 17.2 Å². The molecule has 1 N–H and O–H groups in total. The van der Waals surface area contributed by atoms with Crippen LogP contribution >= 0.6 is 11.3 Å². The molecule has 0 aliphatic heterocycles. The number of benzene rings is 1. The van der Waals surface area contributed by atoms with E-state index in [9.17, 15) is 4.79 Å². The van der Waals surface area contributed by atoms with Crippen LogP contribution in [0.3, 0.4) is 0 Å². The third-order valence-electron chi connectivity index (χ3n) is 4.07. The summed E-state index contributed by atoms with van der Waals surface area (Å²) in [5, 5.41) is 6.06. The number of pyridine rings is 1. The summed E-state index contributed by atoms with van der Waals surface area (Å²) in [5.41, 5.74) is 5.22. The van der Waals surface area contributed by atoms with Crippen LogP contribution in [0.2, 0.25) is 0 Å². The van der Waals surface area contributed by atoms with Crippen molar-refractivity contribution in [2.24, 2.45) is 0 Å². The van der Waals surface area contributed by atoms with Crippen LogP contribution in [0.15, 0.2) is 48.1 Å². The number of carbonyl (C=O) groups is 1. The third kappa shape index (κ3) is 4.31. The molecule has 0 aliphatic carbocycles. The van der Waals surface area contributed by atoms with Crippen molar-refractivity contribution in [3.8, 4) is 0 Å². The highest BCUT2D eigenvalue weighted by Crippen LogP contribution is 2.25. The number of thiazole rings is 1. The Bertz CT molecular complexity index is 874. The van der Waals surface area contributed by atoms with E-state index >= 15 is 0 Å². The lowest BCUT2D eigenvalue weighted by Gasteiger charge is -2.21. The molecule has 0 radical (unpaired) electrons. The number of rotatable bonds is 5. The van der Waals surface area contributed by atoms with Crippen LogP contribution in [-0.4, -0.2) is 15.9 Å². The van der Waals surface area contributed by atoms with Crippen molar-refractivity contribution in [3.05, 3.63) is 81.1 Å². The molecule has 3 rings (SSSR count). The second kappa shape index (κ2) is 7.57. The first-order chi connectivity index (χ1) is 12.0. The molecule has 0 saturated heterocycles. The number of nitrogens with zero attached hydrogens (tertiary/aromatic N) is 2. The average molecular weight is 351 g/mol. The molecule has 0 fully saturated rings. The molecule has 1 aromatic carbocycles. The largest absolute Gasteiger partial charge is 0.345 e. The maximum Gasteiger partial charge on any atom is 0.226 e. The fourth-order valence-corrected chi connectivity index (χ4v) is 3.52. The first kappa shape index (κ1) is 17.3. The van der Waals surface area contributed by atoms with Crippen molar-refractivity contribution in [1.29, 1.82) is 0 Å². The second-order valence-corrected chi connectivity index (χ2v) is 7.24. The van der Waals surface area contributed by atoms with E-state index < -0.39 is 0 Å². The van der Waals surface area contributed by atoms with Crippen molar-refractivity contribution in [3.63, 3.8) is 0 Å². The van der Waals surface area contributed by atoms with Gasteiger partial charge >= 0.3 is 0 Å². The van der Waals surface area contributed by atoms with E-state index in [0.29, 0.717) is 0 Å². The lowest BCUT2D eigenvalue weighted by atomic mass is 9.94. The number of hydrogen-bond donors (Lipinski definition) is 1. The first-order valence-electron chi connectivity index (χ1n) is 8.20. The highest BCUT2D eigenvalue weighted by molar-refractivity contribution is 7.09. The minimum absolute atomic E-state index is 0.0425. The van der Waals surface area contributed by atoms with Gasteiger partial charge in [-0.2, -0.15) is 0 Å². The molecular weight excluding hydrogens is 330 g/mol. The Kier molecular flexibility index (Phi) is 5.24. The Labute approximate surface area is 152 Å². The van der Waals surface area contributed by atoms with Gasteiger partial charge in [0.1, 0.15) is 0 Å². The van der Waals surface area contributed by atoms with Crippen LogP contribution < -0.4 is 5.32 Å². The van der Waals surface area contributed by atoms with Gasteiger partial charge in [-0.1, -0.05) is 29.8 Å². The number of carbonyl (C=O) groups excluding carboxylic acids is 1. The number of nitrogens with one attached hydrogen (secondary N) is 1. The minimum atomic E-state index is -0.221. The molecule has 5 heteroatoms. The maximum absolute atomic E-state index is 12.6. The molecular formula is C20H21N3OS. The summed E-state index contributed by atoms with van der Waals surface area (Å²) in [6, 6.07) is 9.94. The molecule has 0 spiro atoms. The maximum atomic E-state index is 12.6. The fraction of sp³-hybridized carbons (Fsp3) is 0.250. The Balaban J connectivity index is 1.87. The minimum Gasteiger partial charge on any atom is -0.345 e. The lowest BCUT2D eigenvalue weighted by molar-refractivity contribution is -0.121. The van der Waals surface area contributed by atoms with Gasteiger partial charge in [0.15, 0.2) is 0 Å². The standard InChI is InChI=1S/C20H21N3OS/c1-13-6-7-18(14(2)9-13)20(16-5-4-8-21-11-16)23-19(24)10-17-12-25-15(3)22-17/h4-9,11-12,20H,10H2,1-3H3,(H,23,24)/t20-/m1/s1. The van der Waals surface area contributed by atoms with Gasteiger partial charge in [-0.15, -0.1) is 11.3 Å². The molecule has 128 valence electrons. The fourth-order valence-electron chi connectivity index (χ4n) is 2.90. The summed E-state index contributed by atoms with van der Waals surface area (Å²) in [6.45, 7) is 6.08. The highest BCUT2D eigenvalue weighted by atomic mass is 32.1. The number of aromatic nitrogens is 2. The van der Waals surface area contributed by atoms with Crippen LogP contribution in [0.4, 0.5) is 0 Å². The van der Waals surface area contributed by atoms with Crippen molar-refractivity contribution in [2.75, 3.05) is 0 Å². The average Bonchev–Trinajstić information content (AvgIpc) is 2.99. The zero-order valence-electron chi connectivity index (χ0n) is 14.6. The molecule has 0 saturated carbocycles. The van der Waals surface area contributed by atoms with E-state index in [1.54, 1.807) is 23.7 Å². The molecule has 0 bridgehead atoms. The summed E-state index contributed by atoms with van der Waals surface area (Å²) in [5.74, 6) is -0.0425. The van der Waals surface area contributed by atoms with Gasteiger partial charge in [0, 0.05) is 17.8 Å². The van der Waals surface area contributed by atoms with Gasteiger partial charge in [-0.25, -0.2) is 4.98 Å². The van der Waals surface area contributed by atoms with E-state index in [4.69, 9.17) is 0 Å². The molecule has 0 unspecified atom stereocenters. The van der Waals surface area contributed by atoms with E-state index in [0.717, 1.165) is 27.4 Å². The van der Waals surface area contributed by atoms with E-state index in [-0.39, 0.29) is 18.4 Å². The molecule has 3 aromatic rings. The van der Waals surface area contributed by atoms with Gasteiger partial charge in [-0.05, 0) is 43.5 Å². The summed E-state index contributed by atoms with van der Waals surface area (Å²) in [4.78, 5) is 21.2. The quantitative estimate of drug-likeness (QED) is 0.758. The Hall–Kier alpha value is -2.53. The van der Waals surface area contributed by atoms with E-state index in [2.05, 4.69) is 47.3 Å². The summed E-state index contributed by atoms with van der Waals surface area (Å²) in [7, 11) is 0. The molecule has 25 heavy (non-hydrogen) atoms. The van der Waals surface area contributed by atoms with Crippen molar-refractivity contribution < 1.29 is 4.79 Å². The van der Waals surface area contributed by atoms with Crippen molar-refractivity contribution in [1.82, 2.24) is 15.3 Å². The summed E-state index contributed by atoms with van der Waals surface area (Å²) < 4.78 is 0. The zero-order chi connectivity index (χ0) is 17.8. The van der Waals surface area contributed by atoms with Gasteiger partial charge < -0.3 is 5.32 Å². The molecule has 0 aliphatic rings. The smallest absolute Gasteiger partial charge is 0.226 e. The predicted octanol–water partition coefficient (Wildman–Crippen LogP) is 3.91. The SMILES string of the molecule is Cc1ccc([C@H](NC(=O)Cc2csc(C)n2)c2cccnc2)c(C)c1. The van der Waals surface area contributed by atoms with Crippen molar-refractivity contribution in [2.45, 2.75) is 33.2 Å². The second-order valence-electron chi connectivity index (χ2n) is 6.18. The predicted molar refractivity (Wildman–Crippen MR) is 101 cm³/mol.